The fraction of sp³-hybridized carbons (Fsp3) is 0.292. The first kappa shape index (κ1) is 19.8. The molecule has 2 aliphatic rings. The molecule has 6 nitrogen and oxygen atoms in total. The molecule has 5 rings (SSSR count). The van der Waals surface area contributed by atoms with Crippen LogP contribution >= 0.6 is 12.2 Å². The Hall–Kier alpha value is -3.19. The predicted octanol–water partition coefficient (Wildman–Crippen LogP) is 4.49. The molecular formula is C24H24N4O2S. The van der Waals surface area contributed by atoms with E-state index in [0.29, 0.717) is 6.04 Å². The van der Waals surface area contributed by atoms with Gasteiger partial charge in [-0.15, -0.1) is 0 Å². The van der Waals surface area contributed by atoms with Gasteiger partial charge in [0.05, 0.1) is 23.3 Å². The van der Waals surface area contributed by atoms with Gasteiger partial charge in [-0.2, -0.15) is 0 Å². The number of thiocarbonyl (C=S) groups is 1. The molecule has 3 heterocycles. The lowest BCUT2D eigenvalue weighted by Crippen LogP contribution is -2.38. The van der Waals surface area contributed by atoms with Gasteiger partial charge in [-0.1, -0.05) is 18.9 Å². The molecule has 2 N–H and O–H groups in total. The van der Waals surface area contributed by atoms with Crippen molar-refractivity contribution in [2.75, 3.05) is 0 Å². The van der Waals surface area contributed by atoms with Crippen molar-refractivity contribution in [3.05, 3.63) is 83.9 Å². The maximum Gasteiger partial charge on any atom is 0.335 e. The zero-order valence-corrected chi connectivity index (χ0v) is 17.8. The first-order valence-electron chi connectivity index (χ1n) is 10.6. The van der Waals surface area contributed by atoms with Crippen LogP contribution < -0.4 is 5.32 Å². The van der Waals surface area contributed by atoms with Gasteiger partial charge in [0.15, 0.2) is 5.11 Å². The second kappa shape index (κ2) is 8.15. The van der Waals surface area contributed by atoms with Crippen molar-refractivity contribution in [2.24, 2.45) is 0 Å². The SMILES string of the molecule is O=C(O)c1ccc(-n2cccc2[C@@H]2[C@@H](c3ccccn3)NC(=S)N2C2CCCC2)cc1. The number of hydrogen-bond donors (Lipinski definition) is 2. The van der Waals surface area contributed by atoms with E-state index in [0.717, 1.165) is 35.0 Å². The number of benzene rings is 1. The van der Waals surface area contributed by atoms with Crippen molar-refractivity contribution in [2.45, 2.75) is 43.8 Å². The van der Waals surface area contributed by atoms with Gasteiger partial charge in [0.2, 0.25) is 0 Å². The summed E-state index contributed by atoms with van der Waals surface area (Å²) >= 11 is 5.82. The Kier molecular flexibility index (Phi) is 5.19. The number of aromatic carboxylic acids is 1. The van der Waals surface area contributed by atoms with Crippen LogP contribution in [-0.4, -0.2) is 36.7 Å². The summed E-state index contributed by atoms with van der Waals surface area (Å²) in [6, 6.07) is 17.5. The van der Waals surface area contributed by atoms with Crippen LogP contribution in [0.5, 0.6) is 0 Å². The zero-order valence-electron chi connectivity index (χ0n) is 17.0. The molecule has 1 aliphatic carbocycles. The van der Waals surface area contributed by atoms with Gasteiger partial charge in [-0.05, 0) is 73.6 Å². The number of pyridine rings is 1. The van der Waals surface area contributed by atoms with Crippen molar-refractivity contribution in [1.82, 2.24) is 19.8 Å². The fourth-order valence-electron chi connectivity index (χ4n) is 4.89. The van der Waals surface area contributed by atoms with Crippen LogP contribution in [0.25, 0.3) is 5.69 Å². The third kappa shape index (κ3) is 3.59. The van der Waals surface area contributed by atoms with E-state index in [4.69, 9.17) is 12.2 Å². The summed E-state index contributed by atoms with van der Waals surface area (Å²) in [4.78, 5) is 18.3. The van der Waals surface area contributed by atoms with Gasteiger partial charge in [0.1, 0.15) is 0 Å². The second-order valence-corrected chi connectivity index (χ2v) is 8.51. The minimum Gasteiger partial charge on any atom is -0.478 e. The molecule has 1 aromatic carbocycles. The molecule has 2 fully saturated rings. The van der Waals surface area contributed by atoms with Crippen LogP contribution in [0.3, 0.4) is 0 Å². The highest BCUT2D eigenvalue weighted by Crippen LogP contribution is 2.43. The average Bonchev–Trinajstić information content (AvgIpc) is 3.54. The molecule has 2 aromatic heterocycles. The van der Waals surface area contributed by atoms with E-state index in [-0.39, 0.29) is 17.6 Å². The zero-order chi connectivity index (χ0) is 21.4. The highest BCUT2D eigenvalue weighted by molar-refractivity contribution is 7.80. The largest absolute Gasteiger partial charge is 0.478 e. The summed E-state index contributed by atoms with van der Waals surface area (Å²) in [5.74, 6) is -0.924. The molecule has 7 heteroatoms. The molecule has 0 radical (unpaired) electrons. The lowest BCUT2D eigenvalue weighted by atomic mass is 9.99. The van der Waals surface area contributed by atoms with Crippen LogP contribution in [0.2, 0.25) is 0 Å². The van der Waals surface area contributed by atoms with Crippen LogP contribution in [0.1, 0.15) is 59.5 Å². The van der Waals surface area contributed by atoms with Gasteiger partial charge in [0.25, 0.3) is 0 Å². The summed E-state index contributed by atoms with van der Waals surface area (Å²) in [6.45, 7) is 0. The standard InChI is InChI=1S/C24H24N4O2S/c29-23(30)16-10-12-17(13-11-16)27-15-5-9-20(27)22-21(19-8-3-4-14-25-19)26-24(31)28(22)18-6-1-2-7-18/h3-5,8-15,18,21-22H,1-2,6-7H2,(H,26,31)(H,29,30)/t21-,22-/m1/s1. The minimum absolute atomic E-state index is 0.000324. The molecule has 2 atom stereocenters. The van der Waals surface area contributed by atoms with E-state index in [1.165, 1.54) is 12.8 Å². The Bertz CT molecular complexity index is 1090. The van der Waals surface area contributed by atoms with Gasteiger partial charge in [-0.25, -0.2) is 4.79 Å². The average molecular weight is 433 g/mol. The minimum atomic E-state index is -0.924. The number of nitrogens with zero attached hydrogens (tertiary/aromatic N) is 3. The molecule has 3 aromatic rings. The van der Waals surface area contributed by atoms with E-state index in [2.05, 4.69) is 25.8 Å². The Morgan fingerprint density at radius 1 is 1.06 bits per heavy atom. The van der Waals surface area contributed by atoms with Gasteiger partial charge in [0, 0.05) is 29.8 Å². The Balaban J connectivity index is 1.59. The molecule has 0 unspecified atom stereocenters. The summed E-state index contributed by atoms with van der Waals surface area (Å²) in [5.41, 5.74) is 3.27. The first-order valence-corrected chi connectivity index (χ1v) is 11.0. The van der Waals surface area contributed by atoms with E-state index < -0.39 is 5.97 Å². The third-order valence-corrected chi connectivity index (χ3v) is 6.66. The Morgan fingerprint density at radius 2 is 1.84 bits per heavy atom. The molecular weight excluding hydrogens is 408 g/mol. The van der Waals surface area contributed by atoms with Crippen LogP contribution in [0, 0.1) is 0 Å². The van der Waals surface area contributed by atoms with Crippen LogP contribution in [-0.2, 0) is 0 Å². The lowest BCUT2D eigenvalue weighted by Gasteiger charge is -2.33. The van der Waals surface area contributed by atoms with Gasteiger partial charge in [-0.3, -0.25) is 4.98 Å². The van der Waals surface area contributed by atoms with Crippen molar-refractivity contribution in [1.29, 1.82) is 0 Å². The molecule has 0 spiro atoms. The molecule has 1 saturated heterocycles. The van der Waals surface area contributed by atoms with Crippen molar-refractivity contribution in [3.63, 3.8) is 0 Å². The smallest absolute Gasteiger partial charge is 0.335 e. The number of aromatic nitrogens is 2. The summed E-state index contributed by atoms with van der Waals surface area (Å²) in [7, 11) is 0. The number of carbonyl (C=O) groups is 1. The molecule has 1 saturated carbocycles. The number of rotatable bonds is 5. The quantitative estimate of drug-likeness (QED) is 0.579. The maximum atomic E-state index is 11.3. The molecule has 31 heavy (non-hydrogen) atoms. The van der Waals surface area contributed by atoms with Gasteiger partial charge >= 0.3 is 5.97 Å². The fourth-order valence-corrected chi connectivity index (χ4v) is 5.28. The Labute approximate surface area is 186 Å². The molecule has 0 bridgehead atoms. The first-order chi connectivity index (χ1) is 15.1. The predicted molar refractivity (Wildman–Crippen MR) is 122 cm³/mol. The van der Waals surface area contributed by atoms with E-state index >= 15 is 0 Å². The second-order valence-electron chi connectivity index (χ2n) is 8.13. The number of hydrogen-bond acceptors (Lipinski definition) is 3. The lowest BCUT2D eigenvalue weighted by molar-refractivity contribution is 0.0697. The van der Waals surface area contributed by atoms with E-state index in [9.17, 15) is 9.90 Å². The summed E-state index contributed by atoms with van der Waals surface area (Å²) < 4.78 is 2.13. The number of nitrogens with one attached hydrogen (secondary N) is 1. The summed E-state index contributed by atoms with van der Waals surface area (Å²) in [6.07, 6.45) is 8.57. The highest BCUT2D eigenvalue weighted by atomic mass is 32.1. The van der Waals surface area contributed by atoms with Gasteiger partial charge < -0.3 is 19.9 Å². The highest BCUT2D eigenvalue weighted by Gasteiger charge is 2.44. The molecule has 158 valence electrons. The maximum absolute atomic E-state index is 11.3. The Morgan fingerprint density at radius 3 is 2.52 bits per heavy atom. The van der Waals surface area contributed by atoms with Crippen molar-refractivity contribution >= 4 is 23.3 Å². The van der Waals surface area contributed by atoms with E-state index in [1.54, 1.807) is 12.1 Å². The van der Waals surface area contributed by atoms with Crippen molar-refractivity contribution < 1.29 is 9.90 Å². The van der Waals surface area contributed by atoms with E-state index in [1.807, 2.05) is 48.8 Å². The number of carboxylic acid groups (broad SMARTS) is 1. The molecule has 1 aliphatic heterocycles. The van der Waals surface area contributed by atoms with Crippen LogP contribution in [0.4, 0.5) is 0 Å². The topological polar surface area (TPSA) is 70.4 Å². The van der Waals surface area contributed by atoms with Crippen LogP contribution in [0.15, 0.2) is 67.0 Å². The summed E-state index contributed by atoms with van der Waals surface area (Å²) in [5, 5.41) is 13.6. The molecule has 0 amide bonds. The van der Waals surface area contributed by atoms with Crippen molar-refractivity contribution in [3.8, 4) is 5.69 Å². The monoisotopic (exact) mass is 432 g/mol. The third-order valence-electron chi connectivity index (χ3n) is 6.33. The number of carboxylic acids is 1. The normalized spacial score (nSPS) is 21.4.